The van der Waals surface area contributed by atoms with E-state index in [0.29, 0.717) is 11.7 Å². The molecule has 2 rings (SSSR count). The molecule has 1 aromatic carbocycles. The largest absolute Gasteiger partial charge is 0.441 e. The summed E-state index contributed by atoms with van der Waals surface area (Å²) in [5, 5.41) is 0. The van der Waals surface area contributed by atoms with Gasteiger partial charge in [-0.15, -0.1) is 0 Å². The predicted molar refractivity (Wildman–Crippen MR) is 46.6 cm³/mol. The molecule has 0 aliphatic rings. The van der Waals surface area contributed by atoms with Crippen LogP contribution in [0.3, 0.4) is 0 Å². The number of aromatic nitrogens is 1. The molecule has 1 heterocycles. The van der Waals surface area contributed by atoms with Gasteiger partial charge in [-0.2, -0.15) is 0 Å². The second-order valence-electron chi connectivity index (χ2n) is 2.87. The zero-order valence-corrected chi connectivity index (χ0v) is 7.42. The van der Waals surface area contributed by atoms with Crippen molar-refractivity contribution in [2.75, 3.05) is 0 Å². The van der Waals surface area contributed by atoms with Crippen LogP contribution in [0.25, 0.3) is 11.3 Å². The van der Waals surface area contributed by atoms with Crippen molar-refractivity contribution in [3.63, 3.8) is 0 Å². The third-order valence-corrected chi connectivity index (χ3v) is 1.82. The van der Waals surface area contributed by atoms with Crippen LogP contribution in [0, 0.1) is 18.6 Å². The number of halogens is 2. The van der Waals surface area contributed by atoms with Gasteiger partial charge in [0.05, 0.1) is 11.8 Å². The van der Waals surface area contributed by atoms with Gasteiger partial charge in [-0.1, -0.05) is 0 Å². The molecule has 0 aliphatic carbocycles. The van der Waals surface area contributed by atoms with Crippen LogP contribution in [-0.2, 0) is 0 Å². The van der Waals surface area contributed by atoms with E-state index >= 15 is 0 Å². The Morgan fingerprint density at radius 3 is 2.64 bits per heavy atom. The first kappa shape index (κ1) is 8.87. The lowest BCUT2D eigenvalue weighted by Crippen LogP contribution is -1.84. The maximum atomic E-state index is 13.2. The minimum atomic E-state index is -0.652. The van der Waals surface area contributed by atoms with Crippen molar-refractivity contribution < 1.29 is 13.2 Å². The summed E-state index contributed by atoms with van der Waals surface area (Å²) in [5.74, 6) is -0.507. The van der Waals surface area contributed by atoms with E-state index in [1.54, 1.807) is 6.92 Å². The molecule has 72 valence electrons. The van der Waals surface area contributed by atoms with E-state index in [1.807, 2.05) is 0 Å². The molecule has 1 aromatic heterocycles. The molecule has 0 atom stereocenters. The second-order valence-corrected chi connectivity index (χ2v) is 2.87. The van der Waals surface area contributed by atoms with Gasteiger partial charge in [0, 0.05) is 13.0 Å². The predicted octanol–water partition coefficient (Wildman–Crippen LogP) is 2.93. The third kappa shape index (κ3) is 1.51. The first-order valence-electron chi connectivity index (χ1n) is 4.04. The molecule has 0 saturated heterocycles. The van der Waals surface area contributed by atoms with E-state index in [9.17, 15) is 8.78 Å². The minimum absolute atomic E-state index is 0.215. The Labute approximate surface area is 79.2 Å². The zero-order valence-electron chi connectivity index (χ0n) is 7.42. The molecule has 2 aromatic rings. The van der Waals surface area contributed by atoms with E-state index in [4.69, 9.17) is 4.42 Å². The highest BCUT2D eigenvalue weighted by Gasteiger charge is 2.09. The van der Waals surface area contributed by atoms with Crippen molar-refractivity contribution in [1.29, 1.82) is 0 Å². The van der Waals surface area contributed by atoms with Crippen molar-refractivity contribution in [1.82, 2.24) is 4.98 Å². The highest BCUT2D eigenvalue weighted by Crippen LogP contribution is 2.23. The fraction of sp³-hybridized carbons (Fsp3) is 0.100. The first-order chi connectivity index (χ1) is 6.66. The molecule has 4 heteroatoms. The number of hydrogen-bond donors (Lipinski definition) is 0. The van der Waals surface area contributed by atoms with Gasteiger partial charge in [0.2, 0.25) is 0 Å². The lowest BCUT2D eigenvalue weighted by atomic mass is 10.2. The summed E-state index contributed by atoms with van der Waals surface area (Å²) in [5.41, 5.74) is 0.215. The monoisotopic (exact) mass is 195 g/mol. The third-order valence-electron chi connectivity index (χ3n) is 1.82. The molecule has 0 bridgehead atoms. The van der Waals surface area contributed by atoms with E-state index in [-0.39, 0.29) is 5.56 Å². The molecule has 0 radical (unpaired) electrons. The van der Waals surface area contributed by atoms with Crippen molar-refractivity contribution >= 4 is 0 Å². The molecule has 0 unspecified atom stereocenters. The van der Waals surface area contributed by atoms with Gasteiger partial charge in [-0.25, -0.2) is 13.8 Å². The van der Waals surface area contributed by atoms with Crippen molar-refractivity contribution in [3.8, 4) is 11.3 Å². The lowest BCUT2D eigenvalue weighted by Gasteiger charge is -1.97. The van der Waals surface area contributed by atoms with Gasteiger partial charge in [0.1, 0.15) is 11.6 Å². The van der Waals surface area contributed by atoms with Crippen LogP contribution in [0.15, 0.2) is 28.8 Å². The molecular formula is C10H7F2NO. The zero-order chi connectivity index (χ0) is 10.1. The Balaban J connectivity index is 2.52. The Kier molecular flexibility index (Phi) is 2.04. The van der Waals surface area contributed by atoms with Crippen LogP contribution in [0.5, 0.6) is 0 Å². The number of hydrogen-bond acceptors (Lipinski definition) is 2. The second kappa shape index (κ2) is 3.21. The fourth-order valence-electron chi connectivity index (χ4n) is 1.18. The van der Waals surface area contributed by atoms with Crippen LogP contribution in [-0.4, -0.2) is 4.98 Å². The highest BCUT2D eigenvalue weighted by molar-refractivity contribution is 5.56. The van der Waals surface area contributed by atoms with Crippen molar-refractivity contribution in [2.24, 2.45) is 0 Å². The van der Waals surface area contributed by atoms with Crippen molar-refractivity contribution in [3.05, 3.63) is 41.9 Å². The Morgan fingerprint density at radius 2 is 2.07 bits per heavy atom. The van der Waals surface area contributed by atoms with Crippen LogP contribution < -0.4 is 0 Å². The molecule has 0 spiro atoms. The summed E-state index contributed by atoms with van der Waals surface area (Å²) in [7, 11) is 0. The molecule has 0 amide bonds. The van der Waals surface area contributed by atoms with Gasteiger partial charge < -0.3 is 4.42 Å². The number of nitrogens with zero attached hydrogens (tertiary/aromatic N) is 1. The average molecular weight is 195 g/mol. The number of oxazole rings is 1. The summed E-state index contributed by atoms with van der Waals surface area (Å²) in [4.78, 5) is 3.83. The van der Waals surface area contributed by atoms with Gasteiger partial charge in [-0.3, -0.25) is 0 Å². The fourth-order valence-corrected chi connectivity index (χ4v) is 1.18. The van der Waals surface area contributed by atoms with Crippen LogP contribution in [0.2, 0.25) is 0 Å². The number of rotatable bonds is 1. The van der Waals surface area contributed by atoms with Gasteiger partial charge in [0.25, 0.3) is 0 Å². The summed E-state index contributed by atoms with van der Waals surface area (Å²) in [6.07, 6.45) is 1.41. The quantitative estimate of drug-likeness (QED) is 0.699. The van der Waals surface area contributed by atoms with Gasteiger partial charge in [0.15, 0.2) is 11.7 Å². The molecule has 2 nitrogen and oxygen atoms in total. The molecule has 0 aliphatic heterocycles. The Bertz CT molecular complexity index is 465. The molecule has 14 heavy (non-hydrogen) atoms. The summed E-state index contributed by atoms with van der Waals surface area (Å²) < 4.78 is 30.9. The van der Waals surface area contributed by atoms with E-state index < -0.39 is 11.6 Å². The summed E-state index contributed by atoms with van der Waals surface area (Å²) in [6, 6.07) is 3.31. The first-order valence-corrected chi connectivity index (χ1v) is 4.04. The van der Waals surface area contributed by atoms with Crippen LogP contribution >= 0.6 is 0 Å². The van der Waals surface area contributed by atoms with E-state index in [0.717, 1.165) is 6.07 Å². The molecule has 0 saturated carbocycles. The smallest absolute Gasteiger partial charge is 0.191 e. The Hall–Kier alpha value is -1.71. The maximum Gasteiger partial charge on any atom is 0.191 e. The number of benzene rings is 1. The van der Waals surface area contributed by atoms with E-state index in [1.165, 1.54) is 18.3 Å². The van der Waals surface area contributed by atoms with Gasteiger partial charge >= 0.3 is 0 Å². The van der Waals surface area contributed by atoms with Crippen molar-refractivity contribution in [2.45, 2.75) is 6.92 Å². The molecule has 0 N–H and O–H groups in total. The SMILES string of the molecule is Cc1ncc(-c2ccc(F)cc2F)o1. The van der Waals surface area contributed by atoms with Gasteiger partial charge in [-0.05, 0) is 12.1 Å². The summed E-state index contributed by atoms with van der Waals surface area (Å²) >= 11 is 0. The standard InChI is InChI=1S/C10H7F2NO/c1-6-13-5-10(14-6)8-3-2-7(11)4-9(8)12/h2-5H,1H3. The van der Waals surface area contributed by atoms with E-state index in [2.05, 4.69) is 4.98 Å². The lowest BCUT2D eigenvalue weighted by molar-refractivity contribution is 0.526. The minimum Gasteiger partial charge on any atom is -0.441 e. The molecular weight excluding hydrogens is 188 g/mol. The normalized spacial score (nSPS) is 10.5. The average Bonchev–Trinajstić information content (AvgIpc) is 2.51. The number of aryl methyl sites for hydroxylation is 1. The summed E-state index contributed by atoms with van der Waals surface area (Å²) in [6.45, 7) is 1.66. The van der Waals surface area contributed by atoms with Crippen LogP contribution in [0.1, 0.15) is 5.89 Å². The Morgan fingerprint density at radius 1 is 1.29 bits per heavy atom. The molecule has 0 fully saturated rings. The topological polar surface area (TPSA) is 26.0 Å². The van der Waals surface area contributed by atoms with Crippen LogP contribution in [0.4, 0.5) is 8.78 Å². The maximum absolute atomic E-state index is 13.2. The highest BCUT2D eigenvalue weighted by atomic mass is 19.1.